The van der Waals surface area contributed by atoms with E-state index in [1.807, 2.05) is 39.8 Å². The number of nitrogens with zero attached hydrogens (tertiary/aromatic N) is 4. The second-order valence-corrected chi connectivity index (χ2v) is 10.1. The van der Waals surface area contributed by atoms with Crippen LogP contribution in [0.25, 0.3) is 10.3 Å². The van der Waals surface area contributed by atoms with E-state index in [2.05, 4.69) is 15.4 Å². The van der Waals surface area contributed by atoms with Gasteiger partial charge in [-0.25, -0.2) is 4.68 Å². The molecule has 4 rings (SSSR count). The third kappa shape index (κ3) is 4.46. The number of rotatable bonds is 3. The van der Waals surface area contributed by atoms with Crippen LogP contribution in [0.1, 0.15) is 60.0 Å². The molecule has 2 amide bonds. The Kier molecular flexibility index (Phi) is 5.71. The van der Waals surface area contributed by atoms with Crippen LogP contribution >= 0.6 is 11.3 Å². The summed E-state index contributed by atoms with van der Waals surface area (Å²) in [6.07, 6.45) is -4.35. The minimum absolute atomic E-state index is 0.0166. The lowest BCUT2D eigenvalue weighted by Gasteiger charge is -2.26. The topological polar surface area (TPSA) is 80.1 Å². The summed E-state index contributed by atoms with van der Waals surface area (Å²) in [6.45, 7) is 7.49. The van der Waals surface area contributed by atoms with Crippen LogP contribution in [0.3, 0.4) is 0 Å². The van der Waals surface area contributed by atoms with Crippen molar-refractivity contribution in [3.05, 3.63) is 41.1 Å². The summed E-state index contributed by atoms with van der Waals surface area (Å²) in [7, 11) is 0. The fourth-order valence-corrected chi connectivity index (χ4v) is 4.74. The predicted molar refractivity (Wildman–Crippen MR) is 120 cm³/mol. The van der Waals surface area contributed by atoms with E-state index >= 15 is 0 Å². The van der Waals surface area contributed by atoms with Crippen molar-refractivity contribution in [2.75, 3.05) is 11.9 Å². The van der Waals surface area contributed by atoms with Crippen molar-refractivity contribution in [3.63, 3.8) is 0 Å². The van der Waals surface area contributed by atoms with E-state index in [9.17, 15) is 22.8 Å². The van der Waals surface area contributed by atoms with E-state index in [0.717, 1.165) is 21.8 Å². The lowest BCUT2D eigenvalue weighted by atomic mass is 10.1. The lowest BCUT2D eigenvalue weighted by Crippen LogP contribution is -2.44. The fraction of sp³-hybridized carbons (Fsp3) is 0.455. The molecular weight excluding hydrogens is 455 g/mol. The van der Waals surface area contributed by atoms with Crippen LogP contribution in [0, 0.1) is 6.92 Å². The minimum Gasteiger partial charge on any atom is -0.325 e. The van der Waals surface area contributed by atoms with Gasteiger partial charge in [-0.15, -0.1) is 0 Å². The number of thiazole rings is 1. The van der Waals surface area contributed by atoms with E-state index in [1.165, 1.54) is 4.68 Å². The van der Waals surface area contributed by atoms with Crippen molar-refractivity contribution in [3.8, 4) is 0 Å². The molecule has 1 atom stereocenters. The first-order chi connectivity index (χ1) is 15.4. The Morgan fingerprint density at radius 1 is 1.15 bits per heavy atom. The highest BCUT2D eigenvalue weighted by atomic mass is 32.1. The maximum absolute atomic E-state index is 13.5. The quantitative estimate of drug-likeness (QED) is 0.575. The molecule has 1 N–H and O–H groups in total. The number of carbonyl (C=O) groups excluding carboxylic acids is 2. The first-order valence-electron chi connectivity index (χ1n) is 10.5. The Bertz CT molecular complexity index is 1210. The van der Waals surface area contributed by atoms with Gasteiger partial charge in [0.05, 0.1) is 5.54 Å². The van der Waals surface area contributed by atoms with Crippen LogP contribution in [0.5, 0.6) is 0 Å². The van der Waals surface area contributed by atoms with Crippen LogP contribution in [0.4, 0.5) is 18.3 Å². The summed E-state index contributed by atoms with van der Waals surface area (Å²) < 4.78 is 42.2. The number of nitrogens with one attached hydrogen (secondary N) is 1. The molecule has 1 aliphatic rings. The smallest absolute Gasteiger partial charge is 0.325 e. The number of carbonyl (C=O) groups is 2. The summed E-state index contributed by atoms with van der Waals surface area (Å²) in [5, 5.41) is 7.33. The maximum atomic E-state index is 13.5. The molecule has 1 saturated heterocycles. The number of benzene rings is 1. The molecule has 33 heavy (non-hydrogen) atoms. The fourth-order valence-electron chi connectivity index (χ4n) is 3.82. The molecule has 0 bridgehead atoms. The van der Waals surface area contributed by atoms with Crippen molar-refractivity contribution >= 4 is 38.6 Å². The monoisotopic (exact) mass is 479 g/mol. The van der Waals surface area contributed by atoms with E-state index in [1.54, 1.807) is 12.1 Å². The van der Waals surface area contributed by atoms with E-state index in [-0.39, 0.29) is 36.1 Å². The molecule has 0 unspecified atom stereocenters. The maximum Gasteiger partial charge on any atom is 0.408 e. The minimum atomic E-state index is -4.50. The molecular formula is C22H24F3N5O2S. The molecule has 1 aromatic carbocycles. The van der Waals surface area contributed by atoms with Gasteiger partial charge in [-0.2, -0.15) is 23.3 Å². The molecule has 0 saturated carbocycles. The normalized spacial score (nSPS) is 17.1. The van der Waals surface area contributed by atoms with Gasteiger partial charge >= 0.3 is 6.18 Å². The Morgan fingerprint density at radius 2 is 1.82 bits per heavy atom. The average molecular weight is 480 g/mol. The molecule has 1 aliphatic heterocycles. The molecule has 0 radical (unpaired) electrons. The number of hydrogen-bond acceptors (Lipinski definition) is 5. The van der Waals surface area contributed by atoms with Crippen molar-refractivity contribution in [1.82, 2.24) is 19.7 Å². The van der Waals surface area contributed by atoms with Gasteiger partial charge in [0, 0.05) is 12.1 Å². The number of halogens is 3. The van der Waals surface area contributed by atoms with Crippen molar-refractivity contribution in [2.45, 2.75) is 58.3 Å². The van der Waals surface area contributed by atoms with E-state index in [0.29, 0.717) is 15.9 Å². The molecule has 0 aliphatic carbocycles. The molecule has 7 nitrogen and oxygen atoms in total. The zero-order chi connectivity index (χ0) is 24.1. The third-order valence-electron chi connectivity index (χ3n) is 5.49. The highest BCUT2D eigenvalue weighted by Gasteiger charge is 2.48. The molecule has 2 aromatic heterocycles. The molecule has 11 heteroatoms. The summed E-state index contributed by atoms with van der Waals surface area (Å²) >= 11 is 1.03. The molecule has 3 aromatic rings. The van der Waals surface area contributed by atoms with Crippen molar-refractivity contribution in [2.24, 2.45) is 0 Å². The Morgan fingerprint density at radius 3 is 2.42 bits per heavy atom. The second kappa shape index (κ2) is 8.12. The van der Waals surface area contributed by atoms with Gasteiger partial charge in [0.2, 0.25) is 0 Å². The first kappa shape index (κ1) is 23.2. The summed E-state index contributed by atoms with van der Waals surface area (Å²) in [4.78, 5) is 31.1. The molecule has 176 valence electrons. The number of alkyl halides is 3. The molecule has 3 heterocycles. The van der Waals surface area contributed by atoms with Crippen LogP contribution < -0.4 is 5.32 Å². The Hall–Kier alpha value is -2.95. The summed E-state index contributed by atoms with van der Waals surface area (Å²) in [5.41, 5.74) is 1.14. The lowest BCUT2D eigenvalue weighted by molar-refractivity contribution is -0.169. The van der Waals surface area contributed by atoms with Gasteiger partial charge in [0.25, 0.3) is 11.8 Å². The van der Waals surface area contributed by atoms with Crippen LogP contribution in [-0.4, -0.2) is 50.2 Å². The number of fused-ring (bicyclic) bond motifs is 1. The largest absolute Gasteiger partial charge is 0.408 e. The molecule has 1 fully saturated rings. The van der Waals surface area contributed by atoms with Gasteiger partial charge in [0.1, 0.15) is 10.7 Å². The van der Waals surface area contributed by atoms with Crippen molar-refractivity contribution in [1.29, 1.82) is 0 Å². The highest BCUT2D eigenvalue weighted by molar-refractivity contribution is 7.22. The van der Waals surface area contributed by atoms with Crippen LogP contribution in [0.2, 0.25) is 0 Å². The van der Waals surface area contributed by atoms with Crippen LogP contribution in [-0.2, 0) is 5.54 Å². The summed E-state index contributed by atoms with van der Waals surface area (Å²) in [6, 6.07) is 5.18. The van der Waals surface area contributed by atoms with Crippen molar-refractivity contribution < 1.29 is 22.8 Å². The van der Waals surface area contributed by atoms with E-state index in [4.69, 9.17) is 0 Å². The molecule has 0 spiro atoms. The number of hydrogen-bond donors (Lipinski definition) is 1. The van der Waals surface area contributed by atoms with Gasteiger partial charge in [-0.1, -0.05) is 29.0 Å². The number of amides is 2. The van der Waals surface area contributed by atoms with Gasteiger partial charge in [0.15, 0.2) is 16.5 Å². The second-order valence-electron chi connectivity index (χ2n) is 9.12. The number of aromatic nitrogens is 3. The zero-order valence-electron chi connectivity index (χ0n) is 18.7. The number of anilines is 1. The van der Waals surface area contributed by atoms with Gasteiger partial charge in [-0.3, -0.25) is 14.9 Å². The SMILES string of the molecule is Cc1ccc(C(=O)Nc2nc3c(s2)c(C(=O)N2CCC[C@H]2C(F)(F)F)nn3C(C)(C)C)cc1. The average Bonchev–Trinajstić information content (AvgIpc) is 3.41. The highest BCUT2D eigenvalue weighted by Crippen LogP contribution is 2.37. The number of likely N-dealkylation sites (tertiary alicyclic amines) is 1. The van der Waals surface area contributed by atoms with Gasteiger partial charge in [-0.05, 0) is 52.7 Å². The summed E-state index contributed by atoms with van der Waals surface area (Å²) in [5.74, 6) is -1.14. The number of aryl methyl sites for hydroxylation is 1. The zero-order valence-corrected chi connectivity index (χ0v) is 19.5. The Labute approximate surface area is 192 Å². The first-order valence-corrected chi connectivity index (χ1v) is 11.3. The van der Waals surface area contributed by atoms with Gasteiger partial charge < -0.3 is 4.90 Å². The predicted octanol–water partition coefficient (Wildman–Crippen LogP) is 4.98. The standard InChI is InChI=1S/C22H24F3N5O2S/c1-12-7-9-13(10-8-12)18(31)27-20-26-17-16(33-20)15(28-30(17)21(2,3)4)19(32)29-11-5-6-14(29)22(23,24)25/h7-10,14H,5-6,11H2,1-4H3,(H,26,27,31)/t14-/m0/s1. The van der Waals surface area contributed by atoms with E-state index < -0.39 is 23.7 Å². The van der Waals surface area contributed by atoms with Crippen LogP contribution in [0.15, 0.2) is 24.3 Å². The Balaban J connectivity index is 1.71. The third-order valence-corrected chi connectivity index (χ3v) is 6.46.